The summed E-state index contributed by atoms with van der Waals surface area (Å²) in [7, 11) is 0. The lowest BCUT2D eigenvalue weighted by Gasteiger charge is -2.20. The van der Waals surface area contributed by atoms with Crippen LogP contribution in [0.15, 0.2) is 41.5 Å². The molecule has 3 heteroatoms. The molecular weight excluding hydrogens is 306 g/mol. The van der Waals surface area contributed by atoms with Crippen molar-refractivity contribution in [2.24, 2.45) is 10.9 Å². The van der Waals surface area contributed by atoms with Crippen LogP contribution < -0.4 is 0 Å². The van der Waals surface area contributed by atoms with E-state index in [1.165, 1.54) is 27.9 Å². The van der Waals surface area contributed by atoms with E-state index in [0.29, 0.717) is 5.92 Å². The van der Waals surface area contributed by atoms with Crippen molar-refractivity contribution in [1.29, 1.82) is 0 Å². The van der Waals surface area contributed by atoms with Crippen molar-refractivity contribution in [2.75, 3.05) is 0 Å². The van der Waals surface area contributed by atoms with Crippen molar-refractivity contribution in [2.45, 2.75) is 47.1 Å². The fourth-order valence-electron chi connectivity index (χ4n) is 3.79. The lowest BCUT2D eigenvalue weighted by atomic mass is 9.89. The maximum atomic E-state index is 5.02. The van der Waals surface area contributed by atoms with Gasteiger partial charge in [-0.05, 0) is 61.8 Å². The Morgan fingerprint density at radius 1 is 1.08 bits per heavy atom. The number of hydrogen-bond donors (Lipinski definition) is 0. The van der Waals surface area contributed by atoms with Gasteiger partial charge in [-0.1, -0.05) is 37.3 Å². The third-order valence-electron chi connectivity index (χ3n) is 5.47. The summed E-state index contributed by atoms with van der Waals surface area (Å²) in [6, 6.07) is 10.5. The molecule has 0 amide bonds. The molecule has 1 aliphatic rings. The first-order valence-electron chi connectivity index (χ1n) is 9.10. The number of rotatable bonds is 2. The Labute approximate surface area is 149 Å². The van der Waals surface area contributed by atoms with Crippen LogP contribution in [0.4, 0.5) is 0 Å². The van der Waals surface area contributed by atoms with Crippen LogP contribution in [0.2, 0.25) is 0 Å². The Hall–Kier alpha value is -2.42. The molecule has 0 N–H and O–H groups in total. The monoisotopic (exact) mass is 331 g/mol. The highest BCUT2D eigenvalue weighted by Crippen LogP contribution is 2.29. The van der Waals surface area contributed by atoms with Gasteiger partial charge in [-0.25, -0.2) is 4.98 Å². The number of nitrogens with zero attached hydrogens (tertiary/aromatic N) is 3. The highest BCUT2D eigenvalue weighted by molar-refractivity contribution is 6.01. The van der Waals surface area contributed by atoms with Crippen molar-refractivity contribution < 1.29 is 0 Å². The molecule has 1 aliphatic carbocycles. The highest BCUT2D eigenvalue weighted by Gasteiger charge is 2.26. The van der Waals surface area contributed by atoms with Crippen LogP contribution >= 0.6 is 0 Å². The smallest absolute Gasteiger partial charge is 0.140 e. The third kappa shape index (κ3) is 2.78. The second-order valence-corrected chi connectivity index (χ2v) is 7.42. The molecule has 1 unspecified atom stereocenters. The number of fused-ring (bicyclic) bond motifs is 3. The minimum absolute atomic E-state index is 0.601. The topological polar surface area (TPSA) is 29.7 Å². The van der Waals surface area contributed by atoms with Gasteiger partial charge in [0.2, 0.25) is 0 Å². The van der Waals surface area contributed by atoms with E-state index in [1.54, 1.807) is 0 Å². The van der Waals surface area contributed by atoms with Gasteiger partial charge < -0.3 is 4.40 Å². The predicted molar refractivity (Wildman–Crippen MR) is 104 cm³/mol. The Balaban J connectivity index is 1.83. The van der Waals surface area contributed by atoms with Crippen LogP contribution in [0.5, 0.6) is 0 Å². The zero-order chi connectivity index (χ0) is 17.6. The van der Waals surface area contributed by atoms with E-state index in [1.807, 2.05) is 6.07 Å². The summed E-state index contributed by atoms with van der Waals surface area (Å²) in [6.07, 6.45) is 4.33. The molecule has 2 aromatic heterocycles. The van der Waals surface area contributed by atoms with Crippen LogP contribution in [-0.4, -0.2) is 15.1 Å². The third-order valence-corrected chi connectivity index (χ3v) is 5.47. The molecule has 0 saturated heterocycles. The van der Waals surface area contributed by atoms with Crippen LogP contribution in [0.25, 0.3) is 5.65 Å². The molecule has 0 spiro atoms. The maximum absolute atomic E-state index is 5.02. The minimum atomic E-state index is 0.601. The van der Waals surface area contributed by atoms with Gasteiger partial charge in [0.15, 0.2) is 0 Å². The lowest BCUT2D eigenvalue weighted by Crippen LogP contribution is -2.20. The van der Waals surface area contributed by atoms with Gasteiger partial charge in [0, 0.05) is 6.20 Å². The zero-order valence-electron chi connectivity index (χ0n) is 15.5. The Morgan fingerprint density at radius 3 is 2.60 bits per heavy atom. The van der Waals surface area contributed by atoms with Gasteiger partial charge in [0.05, 0.1) is 18.0 Å². The van der Waals surface area contributed by atoms with Crippen molar-refractivity contribution in [3.8, 4) is 0 Å². The van der Waals surface area contributed by atoms with Gasteiger partial charge in [-0.3, -0.25) is 4.99 Å². The standard InChI is InChI=1S/C22H25N3/c1-14-10-19(23-12-18-8-6-5-7-9-18)21-20(11-14)25-13-15(2)16(3)17(4)22(25)24-21/h5-9,13-14H,10-12H2,1-4H3. The van der Waals surface area contributed by atoms with E-state index in [4.69, 9.17) is 9.98 Å². The molecule has 128 valence electrons. The molecular formula is C22H25N3. The number of pyridine rings is 1. The summed E-state index contributed by atoms with van der Waals surface area (Å²) in [6.45, 7) is 9.60. The first-order valence-corrected chi connectivity index (χ1v) is 9.10. The fraction of sp³-hybridized carbons (Fsp3) is 0.364. The number of hydrogen-bond acceptors (Lipinski definition) is 2. The van der Waals surface area contributed by atoms with E-state index in [2.05, 4.69) is 62.6 Å². The maximum Gasteiger partial charge on any atom is 0.140 e. The van der Waals surface area contributed by atoms with Gasteiger partial charge in [0.25, 0.3) is 0 Å². The molecule has 0 fully saturated rings. The number of aromatic nitrogens is 2. The van der Waals surface area contributed by atoms with Crippen LogP contribution in [0, 0.1) is 26.7 Å². The summed E-state index contributed by atoms with van der Waals surface area (Å²) in [5.41, 5.74) is 9.89. The summed E-state index contributed by atoms with van der Waals surface area (Å²) in [4.78, 5) is 9.97. The fourth-order valence-corrected chi connectivity index (χ4v) is 3.79. The van der Waals surface area contributed by atoms with E-state index in [-0.39, 0.29) is 0 Å². The average Bonchev–Trinajstić information content (AvgIpc) is 2.97. The van der Waals surface area contributed by atoms with Crippen LogP contribution in [0.1, 0.15) is 47.0 Å². The average molecular weight is 331 g/mol. The lowest BCUT2D eigenvalue weighted by molar-refractivity contribution is 0.577. The van der Waals surface area contributed by atoms with Gasteiger partial charge >= 0.3 is 0 Å². The predicted octanol–water partition coefficient (Wildman–Crippen LogP) is 4.83. The molecule has 3 aromatic rings. The largest absolute Gasteiger partial charge is 0.303 e. The minimum Gasteiger partial charge on any atom is -0.303 e. The zero-order valence-corrected chi connectivity index (χ0v) is 15.5. The second-order valence-electron chi connectivity index (χ2n) is 7.42. The van der Waals surface area contributed by atoms with Crippen LogP contribution in [-0.2, 0) is 13.0 Å². The molecule has 0 bridgehead atoms. The van der Waals surface area contributed by atoms with Crippen molar-refractivity contribution in [1.82, 2.24) is 9.38 Å². The molecule has 1 atom stereocenters. The second kappa shape index (κ2) is 6.14. The van der Waals surface area contributed by atoms with Crippen molar-refractivity contribution in [3.05, 3.63) is 70.2 Å². The van der Waals surface area contributed by atoms with Crippen molar-refractivity contribution in [3.63, 3.8) is 0 Å². The Bertz CT molecular complexity index is 964. The molecule has 0 radical (unpaired) electrons. The Morgan fingerprint density at radius 2 is 1.84 bits per heavy atom. The molecule has 0 aliphatic heterocycles. The summed E-state index contributed by atoms with van der Waals surface area (Å²) < 4.78 is 2.31. The first kappa shape index (κ1) is 16.1. The van der Waals surface area contributed by atoms with E-state index < -0.39 is 0 Å². The SMILES string of the molecule is Cc1cn2c3c(nc2c(C)c1C)C(=NCc1ccccc1)CC(C)C3. The number of aliphatic imine (C=N–C) groups is 1. The Kier molecular flexibility index (Phi) is 3.95. The van der Waals surface area contributed by atoms with Crippen LogP contribution in [0.3, 0.4) is 0 Å². The summed E-state index contributed by atoms with van der Waals surface area (Å²) >= 11 is 0. The molecule has 4 rings (SSSR count). The van der Waals surface area contributed by atoms with E-state index >= 15 is 0 Å². The van der Waals surface area contributed by atoms with E-state index in [0.717, 1.165) is 36.4 Å². The first-order chi connectivity index (χ1) is 12.0. The van der Waals surface area contributed by atoms with Crippen molar-refractivity contribution >= 4 is 11.4 Å². The molecule has 3 nitrogen and oxygen atoms in total. The number of imidazole rings is 1. The quantitative estimate of drug-likeness (QED) is 0.661. The van der Waals surface area contributed by atoms with Gasteiger partial charge in [0.1, 0.15) is 11.3 Å². The normalized spacial score (nSPS) is 18.7. The molecule has 25 heavy (non-hydrogen) atoms. The number of benzene rings is 1. The number of aryl methyl sites for hydroxylation is 2. The highest BCUT2D eigenvalue weighted by atomic mass is 15.0. The van der Waals surface area contributed by atoms with E-state index in [9.17, 15) is 0 Å². The van der Waals surface area contributed by atoms with Gasteiger partial charge in [-0.2, -0.15) is 0 Å². The molecule has 0 saturated carbocycles. The summed E-state index contributed by atoms with van der Waals surface area (Å²) in [5, 5.41) is 0. The summed E-state index contributed by atoms with van der Waals surface area (Å²) in [5.74, 6) is 0.601. The molecule has 1 aromatic carbocycles. The molecule has 2 heterocycles. The van der Waals surface area contributed by atoms with Gasteiger partial charge in [-0.15, -0.1) is 0 Å².